The Labute approximate surface area is 185 Å². The van der Waals surface area contributed by atoms with Gasteiger partial charge < -0.3 is 9.29 Å². The van der Waals surface area contributed by atoms with E-state index in [2.05, 4.69) is 24.5 Å². The number of nitrogens with zero attached hydrogens (tertiary/aromatic N) is 1. The SMILES string of the molecule is CC[n+]1c(C)sc2ccc(OC)c(-c3ccc(Cl)cc3Cl)c21.O=S(=O)([O-])C(F)(F)F. The van der Waals surface area contributed by atoms with E-state index in [1.54, 1.807) is 24.5 Å². The van der Waals surface area contributed by atoms with Crippen LogP contribution in [0.2, 0.25) is 10.0 Å². The highest BCUT2D eigenvalue weighted by Gasteiger charge is 2.37. The standard InChI is InChI=1S/C17H16Cl2NOS.CHF3O3S/c1-4-20-10(2)22-15-8-7-14(21-3)16(17(15)20)12-6-5-11(18)9-13(12)19;2-1(3,4)8(5,6)7/h5-9H,4H2,1-3H3;(H,5,6,7)/q+1;/p-1. The summed E-state index contributed by atoms with van der Waals surface area (Å²) in [5.74, 6) is 0.816. The average molecular weight is 502 g/mol. The van der Waals surface area contributed by atoms with Crippen LogP contribution in [0.25, 0.3) is 21.3 Å². The molecule has 30 heavy (non-hydrogen) atoms. The third-order valence-electron chi connectivity index (χ3n) is 4.03. The van der Waals surface area contributed by atoms with Crippen LogP contribution in [0.3, 0.4) is 0 Å². The molecule has 0 saturated heterocycles. The summed E-state index contributed by atoms with van der Waals surface area (Å²) in [5, 5.41) is 2.52. The van der Waals surface area contributed by atoms with Crippen LogP contribution in [0.15, 0.2) is 30.3 Å². The number of ether oxygens (including phenoxy) is 1. The molecule has 0 aliphatic rings. The van der Waals surface area contributed by atoms with Gasteiger partial charge in [-0.3, -0.25) is 0 Å². The van der Waals surface area contributed by atoms with Crippen LogP contribution in [0.5, 0.6) is 5.75 Å². The van der Waals surface area contributed by atoms with Crippen LogP contribution in [-0.2, 0) is 16.7 Å². The van der Waals surface area contributed by atoms with Gasteiger partial charge in [-0.1, -0.05) is 40.6 Å². The predicted molar refractivity (Wildman–Crippen MR) is 110 cm³/mol. The van der Waals surface area contributed by atoms with Crippen molar-refractivity contribution in [1.82, 2.24) is 0 Å². The zero-order valence-electron chi connectivity index (χ0n) is 15.9. The topological polar surface area (TPSA) is 70.3 Å². The number of benzene rings is 2. The number of halogens is 5. The highest BCUT2D eigenvalue weighted by molar-refractivity contribution is 7.86. The summed E-state index contributed by atoms with van der Waals surface area (Å²) >= 11 is 14.3. The Bertz CT molecular complexity index is 1180. The summed E-state index contributed by atoms with van der Waals surface area (Å²) in [6.07, 6.45) is 0. The van der Waals surface area contributed by atoms with Crippen LogP contribution in [0.1, 0.15) is 11.9 Å². The van der Waals surface area contributed by atoms with Crippen LogP contribution in [0, 0.1) is 6.92 Å². The summed E-state index contributed by atoms with van der Waals surface area (Å²) < 4.78 is 68.0. The monoisotopic (exact) mass is 501 g/mol. The first-order chi connectivity index (χ1) is 13.8. The summed E-state index contributed by atoms with van der Waals surface area (Å²) in [7, 11) is -4.41. The lowest BCUT2D eigenvalue weighted by atomic mass is 10.0. The molecule has 0 aliphatic heterocycles. The van der Waals surface area contributed by atoms with Crippen molar-refractivity contribution in [2.24, 2.45) is 0 Å². The molecule has 2 aromatic carbocycles. The summed E-state index contributed by atoms with van der Waals surface area (Å²) in [6.45, 7) is 5.18. The molecule has 0 unspecified atom stereocenters. The Morgan fingerprint density at radius 2 is 1.80 bits per heavy atom. The molecule has 0 fully saturated rings. The van der Waals surface area contributed by atoms with Gasteiger partial charge in [-0.25, -0.2) is 8.42 Å². The number of aryl methyl sites for hydroxylation is 2. The summed E-state index contributed by atoms with van der Waals surface area (Å²) in [5.41, 5.74) is -2.53. The van der Waals surface area contributed by atoms with Gasteiger partial charge in [0.15, 0.2) is 10.1 Å². The molecule has 1 aromatic heterocycles. The minimum absolute atomic E-state index is 0.629. The van der Waals surface area contributed by atoms with Crippen LogP contribution in [0.4, 0.5) is 13.2 Å². The first kappa shape index (κ1) is 24.7. The zero-order valence-corrected chi connectivity index (χ0v) is 19.0. The van der Waals surface area contributed by atoms with Gasteiger partial charge >= 0.3 is 5.51 Å². The van der Waals surface area contributed by atoms with Gasteiger partial charge in [0.1, 0.15) is 17.0 Å². The van der Waals surface area contributed by atoms with Crippen molar-refractivity contribution >= 4 is 54.9 Å². The molecule has 5 nitrogen and oxygen atoms in total. The molecule has 0 spiro atoms. The number of alkyl halides is 3. The smallest absolute Gasteiger partial charge is 0.485 e. The Morgan fingerprint density at radius 3 is 2.27 bits per heavy atom. The van der Waals surface area contributed by atoms with Crippen molar-refractivity contribution in [3.05, 3.63) is 45.4 Å². The van der Waals surface area contributed by atoms with Crippen molar-refractivity contribution in [3.8, 4) is 16.9 Å². The Balaban J connectivity index is 0.000000343. The molecule has 0 N–H and O–H groups in total. The minimum atomic E-state index is -6.09. The molecule has 3 rings (SSSR count). The maximum atomic E-state index is 10.7. The van der Waals surface area contributed by atoms with Gasteiger partial charge in [0.25, 0.3) is 0 Å². The maximum absolute atomic E-state index is 10.7. The highest BCUT2D eigenvalue weighted by Crippen LogP contribution is 2.41. The number of rotatable bonds is 3. The van der Waals surface area contributed by atoms with Gasteiger partial charge in [-0.2, -0.15) is 17.7 Å². The predicted octanol–water partition coefficient (Wildman–Crippen LogP) is 5.55. The maximum Gasteiger partial charge on any atom is 0.485 e. The van der Waals surface area contributed by atoms with Crippen LogP contribution < -0.4 is 9.30 Å². The molecule has 0 radical (unpaired) electrons. The van der Waals surface area contributed by atoms with E-state index in [0.29, 0.717) is 10.0 Å². The molecule has 12 heteroatoms. The molecule has 164 valence electrons. The van der Waals surface area contributed by atoms with E-state index in [9.17, 15) is 13.2 Å². The van der Waals surface area contributed by atoms with Gasteiger partial charge in [0.05, 0.1) is 17.7 Å². The zero-order chi connectivity index (χ0) is 22.9. The number of hydrogen-bond donors (Lipinski definition) is 0. The molecule has 0 aliphatic carbocycles. The fourth-order valence-corrected chi connectivity index (χ4v) is 4.38. The van der Waals surface area contributed by atoms with E-state index < -0.39 is 15.6 Å². The van der Waals surface area contributed by atoms with Crippen molar-refractivity contribution in [2.45, 2.75) is 25.9 Å². The number of aromatic nitrogens is 1. The van der Waals surface area contributed by atoms with Gasteiger partial charge in [0.2, 0.25) is 10.5 Å². The van der Waals surface area contributed by atoms with E-state index in [1.807, 2.05) is 18.2 Å². The average Bonchev–Trinajstić information content (AvgIpc) is 2.95. The van der Waals surface area contributed by atoms with E-state index in [0.717, 1.165) is 28.9 Å². The number of methoxy groups -OCH3 is 1. The van der Waals surface area contributed by atoms with Crippen LogP contribution >= 0.6 is 34.5 Å². The summed E-state index contributed by atoms with van der Waals surface area (Å²) in [4.78, 5) is 0. The second-order valence-corrected chi connectivity index (χ2v) is 9.33. The van der Waals surface area contributed by atoms with E-state index in [1.165, 1.54) is 9.71 Å². The molecule has 0 atom stereocenters. The number of thiazole rings is 1. The molecule has 0 saturated carbocycles. The van der Waals surface area contributed by atoms with Gasteiger partial charge in [-0.05, 0) is 31.2 Å². The largest absolute Gasteiger partial charge is 0.741 e. The van der Waals surface area contributed by atoms with Crippen molar-refractivity contribution in [2.75, 3.05) is 7.11 Å². The van der Waals surface area contributed by atoms with Crippen molar-refractivity contribution in [1.29, 1.82) is 0 Å². The van der Waals surface area contributed by atoms with E-state index in [4.69, 9.17) is 40.9 Å². The third-order valence-corrected chi connectivity index (χ3v) is 6.21. The normalized spacial score (nSPS) is 11.9. The minimum Gasteiger partial charge on any atom is -0.741 e. The lowest BCUT2D eigenvalue weighted by molar-refractivity contribution is -0.669. The van der Waals surface area contributed by atoms with Gasteiger partial charge in [0, 0.05) is 17.5 Å². The number of hydrogen-bond acceptors (Lipinski definition) is 5. The van der Waals surface area contributed by atoms with Crippen LogP contribution in [-0.4, -0.2) is 25.6 Å². The molecule has 0 amide bonds. The first-order valence-corrected chi connectivity index (χ1v) is 11.3. The molecule has 0 bridgehead atoms. The number of fused-ring (bicyclic) bond motifs is 1. The lowest BCUT2D eigenvalue weighted by Gasteiger charge is -2.10. The third kappa shape index (κ3) is 5.17. The Hall–Kier alpha value is -1.59. The first-order valence-electron chi connectivity index (χ1n) is 8.29. The fraction of sp³-hybridized carbons (Fsp3) is 0.278. The molecule has 3 aromatic rings. The van der Waals surface area contributed by atoms with E-state index >= 15 is 0 Å². The molecular formula is C18H16Cl2F3NO4S2. The van der Waals surface area contributed by atoms with Gasteiger partial charge in [-0.15, -0.1) is 0 Å². The Kier molecular flexibility index (Phi) is 7.63. The second kappa shape index (κ2) is 9.27. The highest BCUT2D eigenvalue weighted by atomic mass is 35.5. The van der Waals surface area contributed by atoms with E-state index in [-0.39, 0.29) is 0 Å². The quantitative estimate of drug-likeness (QED) is 0.268. The van der Waals surface area contributed by atoms with Crippen molar-refractivity contribution < 1.29 is 35.4 Å². The Morgan fingerprint density at radius 1 is 1.20 bits per heavy atom. The molecular weight excluding hydrogens is 486 g/mol. The second-order valence-electron chi connectivity index (χ2n) is 5.88. The summed E-state index contributed by atoms with van der Waals surface area (Å²) in [6, 6.07) is 9.68. The van der Waals surface area contributed by atoms with Crippen molar-refractivity contribution in [3.63, 3.8) is 0 Å². The fourth-order valence-electron chi connectivity index (χ4n) is 2.78. The molecule has 1 heterocycles. The lowest BCUT2D eigenvalue weighted by Crippen LogP contribution is -2.33.